The number of rotatable bonds is 7. The van der Waals surface area contributed by atoms with Gasteiger partial charge in [0.2, 0.25) is 0 Å². The van der Waals surface area contributed by atoms with E-state index in [-0.39, 0.29) is 5.91 Å². The monoisotopic (exact) mass is 535 g/mol. The molecule has 0 bridgehead atoms. The zero-order chi connectivity index (χ0) is 27.5. The van der Waals surface area contributed by atoms with Crippen molar-refractivity contribution in [2.75, 3.05) is 0 Å². The lowest BCUT2D eigenvalue weighted by molar-refractivity contribution is 0.0697. The normalized spacial score (nSPS) is 16.9. The van der Waals surface area contributed by atoms with Crippen LogP contribution in [0.5, 0.6) is 0 Å². The second kappa shape index (κ2) is 11.4. The number of hydrogen-bond donors (Lipinski definition) is 2. The topological polar surface area (TPSA) is 66.4 Å². The number of nitrogens with one attached hydrogen (secondary N) is 1. The summed E-state index contributed by atoms with van der Waals surface area (Å²) >= 11 is 1.64. The third-order valence-electron chi connectivity index (χ3n) is 8.05. The summed E-state index contributed by atoms with van der Waals surface area (Å²) in [4.78, 5) is 25.7. The highest BCUT2D eigenvalue weighted by atomic mass is 32.1. The van der Waals surface area contributed by atoms with Gasteiger partial charge in [-0.2, -0.15) is 0 Å². The first-order valence-corrected chi connectivity index (χ1v) is 14.2. The lowest BCUT2D eigenvalue weighted by Crippen LogP contribution is -2.22. The highest BCUT2D eigenvalue weighted by Crippen LogP contribution is 2.41. The minimum Gasteiger partial charge on any atom is -0.478 e. The molecule has 1 aromatic heterocycles. The fraction of sp³-hybridized carbons (Fsp3) is 0.235. The van der Waals surface area contributed by atoms with Gasteiger partial charge in [-0.15, -0.1) is 11.3 Å². The van der Waals surface area contributed by atoms with Crippen molar-refractivity contribution in [3.63, 3.8) is 0 Å². The van der Waals surface area contributed by atoms with E-state index < -0.39 is 5.97 Å². The van der Waals surface area contributed by atoms with Crippen molar-refractivity contribution in [3.8, 4) is 11.1 Å². The average Bonchev–Trinajstić information content (AvgIpc) is 3.46. The number of hydrogen-bond acceptors (Lipinski definition) is 3. The molecule has 5 rings (SSSR count). The molecule has 3 aromatic carbocycles. The number of carboxylic acids is 1. The number of aromatic carboxylic acids is 1. The summed E-state index contributed by atoms with van der Waals surface area (Å²) in [5.41, 5.74) is 8.97. The Morgan fingerprint density at radius 2 is 1.72 bits per heavy atom. The van der Waals surface area contributed by atoms with Crippen LogP contribution in [-0.2, 0) is 13.0 Å². The summed E-state index contributed by atoms with van der Waals surface area (Å²) in [5, 5.41) is 14.6. The molecule has 2 N–H and O–H groups in total. The standard InChI is InChI=1S/C34H33NO3S/c1-21-17-27(18-24-10-12-25(13-11-24)30-8-4-5-9-31(30)34(37)38)23(3)29-15-14-26(19-32(29)22(21)2)33(36)35-20-28-7-6-16-39-28/h4-16,19,23,27H,17-18,20H2,1-3H3,(H,35,36)(H,37,38). The van der Waals surface area contributed by atoms with Crippen LogP contribution in [-0.4, -0.2) is 17.0 Å². The molecule has 1 aliphatic rings. The Morgan fingerprint density at radius 3 is 2.44 bits per heavy atom. The Morgan fingerprint density at radius 1 is 0.949 bits per heavy atom. The van der Waals surface area contributed by atoms with Crippen LogP contribution in [0.1, 0.15) is 75.4 Å². The van der Waals surface area contributed by atoms with Gasteiger partial charge in [-0.25, -0.2) is 4.79 Å². The summed E-state index contributed by atoms with van der Waals surface area (Å²) in [6.45, 7) is 7.22. The van der Waals surface area contributed by atoms with Gasteiger partial charge in [-0.05, 0) is 102 Å². The number of allylic oxidation sites excluding steroid dienone is 2. The van der Waals surface area contributed by atoms with E-state index in [9.17, 15) is 14.7 Å². The lowest BCUT2D eigenvalue weighted by atomic mass is 9.80. The van der Waals surface area contributed by atoms with E-state index in [2.05, 4.69) is 50.4 Å². The number of carbonyl (C=O) groups is 2. The van der Waals surface area contributed by atoms with Crippen molar-refractivity contribution >= 4 is 28.8 Å². The molecular formula is C34H33NO3S. The Labute approximate surface area is 234 Å². The third kappa shape index (κ3) is 5.74. The first kappa shape index (κ1) is 26.6. The minimum absolute atomic E-state index is 0.0466. The number of amides is 1. The minimum atomic E-state index is -0.915. The van der Waals surface area contributed by atoms with Crippen molar-refractivity contribution in [1.82, 2.24) is 5.32 Å². The maximum atomic E-state index is 12.9. The predicted molar refractivity (Wildman–Crippen MR) is 159 cm³/mol. The maximum absolute atomic E-state index is 12.9. The molecule has 0 spiro atoms. The highest BCUT2D eigenvalue weighted by Gasteiger charge is 2.27. The quantitative estimate of drug-likeness (QED) is 0.251. The SMILES string of the molecule is CC1=C(C)c2cc(C(=O)NCc3cccs3)ccc2C(C)C(Cc2ccc(-c3ccccc3C(=O)O)cc2)C1. The molecule has 0 saturated carbocycles. The van der Waals surface area contributed by atoms with Gasteiger partial charge in [-0.3, -0.25) is 4.79 Å². The van der Waals surface area contributed by atoms with E-state index in [0.29, 0.717) is 29.5 Å². The molecular weight excluding hydrogens is 502 g/mol. The molecule has 198 valence electrons. The number of carbonyl (C=O) groups excluding carboxylic acids is 1. The Kier molecular flexibility index (Phi) is 7.80. The molecule has 4 aromatic rings. The van der Waals surface area contributed by atoms with E-state index in [1.807, 2.05) is 47.8 Å². The van der Waals surface area contributed by atoms with Crippen molar-refractivity contribution in [1.29, 1.82) is 0 Å². The van der Waals surface area contributed by atoms with Gasteiger partial charge in [0, 0.05) is 10.4 Å². The van der Waals surface area contributed by atoms with Gasteiger partial charge in [-0.1, -0.05) is 67.1 Å². The second-order valence-electron chi connectivity index (χ2n) is 10.5. The van der Waals surface area contributed by atoms with Crippen LogP contribution < -0.4 is 5.32 Å². The fourth-order valence-electron chi connectivity index (χ4n) is 5.60. The molecule has 1 aliphatic carbocycles. The Balaban J connectivity index is 1.35. The number of fused-ring (bicyclic) bond motifs is 1. The Hall–Kier alpha value is -3.96. The van der Waals surface area contributed by atoms with Crippen LogP contribution >= 0.6 is 11.3 Å². The van der Waals surface area contributed by atoms with Gasteiger partial charge in [0.25, 0.3) is 5.91 Å². The summed E-state index contributed by atoms with van der Waals surface area (Å²) in [7, 11) is 0. The van der Waals surface area contributed by atoms with Gasteiger partial charge in [0.15, 0.2) is 0 Å². The fourth-order valence-corrected chi connectivity index (χ4v) is 6.25. The number of thiophene rings is 1. The largest absolute Gasteiger partial charge is 0.478 e. The summed E-state index contributed by atoms with van der Waals surface area (Å²) < 4.78 is 0. The van der Waals surface area contributed by atoms with Crippen LogP contribution in [0.2, 0.25) is 0 Å². The van der Waals surface area contributed by atoms with E-state index in [4.69, 9.17) is 0 Å². The smallest absolute Gasteiger partial charge is 0.336 e. The molecule has 1 heterocycles. The lowest BCUT2D eigenvalue weighted by Gasteiger charge is -2.24. The molecule has 0 aliphatic heterocycles. The van der Waals surface area contributed by atoms with Gasteiger partial charge in [0.05, 0.1) is 12.1 Å². The molecule has 2 unspecified atom stereocenters. The molecule has 0 fully saturated rings. The van der Waals surface area contributed by atoms with Crippen LogP contribution in [0.15, 0.2) is 89.8 Å². The molecule has 5 heteroatoms. The van der Waals surface area contributed by atoms with Crippen molar-refractivity contribution in [2.45, 2.75) is 46.1 Å². The first-order valence-electron chi connectivity index (χ1n) is 13.3. The first-order chi connectivity index (χ1) is 18.8. The molecule has 39 heavy (non-hydrogen) atoms. The zero-order valence-corrected chi connectivity index (χ0v) is 23.3. The predicted octanol–water partition coefficient (Wildman–Crippen LogP) is 8.20. The summed E-state index contributed by atoms with van der Waals surface area (Å²) in [6, 6.07) is 25.6. The molecule has 0 radical (unpaired) electrons. The zero-order valence-electron chi connectivity index (χ0n) is 22.5. The Bertz CT molecular complexity index is 1530. The van der Waals surface area contributed by atoms with Crippen molar-refractivity contribution < 1.29 is 14.7 Å². The van der Waals surface area contributed by atoms with E-state index in [0.717, 1.165) is 28.8 Å². The van der Waals surface area contributed by atoms with Crippen LogP contribution in [0.25, 0.3) is 16.7 Å². The van der Waals surface area contributed by atoms with E-state index in [1.165, 1.54) is 27.8 Å². The van der Waals surface area contributed by atoms with E-state index >= 15 is 0 Å². The molecule has 2 atom stereocenters. The molecule has 0 saturated heterocycles. The average molecular weight is 536 g/mol. The number of benzene rings is 3. The van der Waals surface area contributed by atoms with Crippen molar-refractivity contribution in [2.24, 2.45) is 5.92 Å². The molecule has 4 nitrogen and oxygen atoms in total. The number of carboxylic acid groups (broad SMARTS) is 1. The molecule has 1 amide bonds. The van der Waals surface area contributed by atoms with Crippen LogP contribution in [0, 0.1) is 5.92 Å². The highest BCUT2D eigenvalue weighted by molar-refractivity contribution is 7.09. The maximum Gasteiger partial charge on any atom is 0.336 e. The van der Waals surface area contributed by atoms with Crippen LogP contribution in [0.4, 0.5) is 0 Å². The van der Waals surface area contributed by atoms with Gasteiger partial charge in [0.1, 0.15) is 0 Å². The van der Waals surface area contributed by atoms with Crippen molar-refractivity contribution in [3.05, 3.63) is 123 Å². The van der Waals surface area contributed by atoms with Gasteiger partial charge < -0.3 is 10.4 Å². The van der Waals surface area contributed by atoms with Gasteiger partial charge >= 0.3 is 5.97 Å². The second-order valence-corrected chi connectivity index (χ2v) is 11.5. The van der Waals surface area contributed by atoms with Crippen LogP contribution in [0.3, 0.4) is 0 Å². The van der Waals surface area contributed by atoms with E-state index in [1.54, 1.807) is 23.5 Å². The third-order valence-corrected chi connectivity index (χ3v) is 8.93. The summed E-state index contributed by atoms with van der Waals surface area (Å²) in [5.74, 6) is -0.226. The summed E-state index contributed by atoms with van der Waals surface area (Å²) in [6.07, 6.45) is 1.92.